The smallest absolute Gasteiger partial charge is 0.0328 e. The SMILES string of the molecule is C=CC.C=CCCC1=CNC(C)[C@@H]1C=C.CCC.CCC.CO. The van der Waals surface area contributed by atoms with E-state index in [1.165, 1.54) is 18.4 Å². The molecule has 0 aromatic rings. The summed E-state index contributed by atoms with van der Waals surface area (Å²) in [5.41, 5.74) is 1.46. The van der Waals surface area contributed by atoms with Gasteiger partial charge in [-0.15, -0.1) is 19.7 Å². The Bertz CT molecular complexity index is 267. The van der Waals surface area contributed by atoms with Crippen LogP contribution < -0.4 is 5.32 Å². The van der Waals surface area contributed by atoms with E-state index >= 15 is 0 Å². The Labute approximate surface area is 147 Å². The first-order chi connectivity index (χ1) is 11.0. The molecule has 1 rings (SSSR count). The van der Waals surface area contributed by atoms with Crippen molar-refractivity contribution < 1.29 is 5.11 Å². The predicted octanol–water partition coefficient (Wildman–Crippen LogP) is 6.26. The van der Waals surface area contributed by atoms with Crippen LogP contribution in [0, 0.1) is 5.92 Å². The number of rotatable bonds is 4. The van der Waals surface area contributed by atoms with Gasteiger partial charge in [-0.1, -0.05) is 58.8 Å². The Morgan fingerprint density at radius 1 is 1.09 bits per heavy atom. The highest BCUT2D eigenvalue weighted by Gasteiger charge is 2.21. The molecule has 1 unspecified atom stereocenters. The number of aliphatic hydroxyl groups is 1. The molecule has 0 spiro atoms. The van der Waals surface area contributed by atoms with E-state index < -0.39 is 0 Å². The van der Waals surface area contributed by atoms with Crippen molar-refractivity contribution in [3.8, 4) is 0 Å². The zero-order chi connectivity index (χ0) is 19.1. The molecule has 2 nitrogen and oxygen atoms in total. The summed E-state index contributed by atoms with van der Waals surface area (Å²) in [5.74, 6) is 0.518. The second kappa shape index (κ2) is 28.8. The maximum atomic E-state index is 7.00. The van der Waals surface area contributed by atoms with Crippen LogP contribution in [0.2, 0.25) is 0 Å². The third-order valence-corrected chi connectivity index (χ3v) is 2.39. The lowest BCUT2D eigenvalue weighted by Gasteiger charge is -2.14. The first-order valence-electron chi connectivity index (χ1n) is 8.74. The maximum Gasteiger partial charge on any atom is 0.0328 e. The minimum atomic E-state index is 0.516. The monoisotopic (exact) mass is 325 g/mol. The topological polar surface area (TPSA) is 32.3 Å². The molecule has 0 saturated heterocycles. The lowest BCUT2D eigenvalue weighted by atomic mass is 9.93. The molecular weight excluding hydrogens is 282 g/mol. The van der Waals surface area contributed by atoms with Crippen LogP contribution in [0.3, 0.4) is 0 Å². The number of hydrogen-bond donors (Lipinski definition) is 2. The highest BCUT2D eigenvalue weighted by Crippen LogP contribution is 2.25. The van der Waals surface area contributed by atoms with Crippen LogP contribution in [0.5, 0.6) is 0 Å². The molecule has 138 valence electrons. The average Bonchev–Trinajstić information content (AvgIpc) is 2.89. The lowest BCUT2D eigenvalue weighted by Crippen LogP contribution is -2.21. The van der Waals surface area contributed by atoms with Crippen LogP contribution in [0.1, 0.15) is 67.2 Å². The molecule has 0 radical (unpaired) electrons. The van der Waals surface area contributed by atoms with E-state index in [-0.39, 0.29) is 0 Å². The van der Waals surface area contributed by atoms with Gasteiger partial charge in [0.1, 0.15) is 0 Å². The summed E-state index contributed by atoms with van der Waals surface area (Å²) >= 11 is 0. The summed E-state index contributed by atoms with van der Waals surface area (Å²) in [6.45, 7) is 23.5. The van der Waals surface area contributed by atoms with Crippen LogP contribution in [0.15, 0.2) is 49.7 Å². The van der Waals surface area contributed by atoms with Gasteiger partial charge in [-0.05, 0) is 38.5 Å². The number of hydrogen-bond acceptors (Lipinski definition) is 2. The van der Waals surface area contributed by atoms with E-state index in [0.717, 1.165) is 20.0 Å². The molecule has 0 aromatic carbocycles. The zero-order valence-electron chi connectivity index (χ0n) is 16.9. The lowest BCUT2D eigenvalue weighted by molar-refractivity contribution is 0.399. The summed E-state index contributed by atoms with van der Waals surface area (Å²) in [4.78, 5) is 0. The van der Waals surface area contributed by atoms with Crippen LogP contribution in [0.4, 0.5) is 0 Å². The molecule has 1 aliphatic heterocycles. The van der Waals surface area contributed by atoms with E-state index in [2.05, 4.69) is 65.9 Å². The average molecular weight is 326 g/mol. The first kappa shape index (κ1) is 29.7. The van der Waals surface area contributed by atoms with Crippen LogP contribution in [0.25, 0.3) is 0 Å². The van der Waals surface area contributed by atoms with Crippen LogP contribution in [-0.4, -0.2) is 18.3 Å². The van der Waals surface area contributed by atoms with Gasteiger partial charge in [0.05, 0.1) is 0 Å². The Kier molecular flexibility index (Phi) is 37.2. The standard InChI is InChI=1S/C11H17N.2C3H8.C3H6.CH4O/c1-4-6-7-10-8-12-9(3)11(10)5-2;3*1-3-2;1-2/h4-5,8-9,11-12H,1-2,6-7H2,3H3;2*3H2,1-2H3;3H,1H2,2H3;2H,1H3/t9?,11-;;;;/m0..../s1. The number of nitrogens with one attached hydrogen (secondary N) is 1. The number of aliphatic hydroxyl groups excluding tert-OH is 1. The number of allylic oxidation sites excluding steroid dienone is 2. The van der Waals surface area contributed by atoms with Crippen molar-refractivity contribution in [2.75, 3.05) is 7.11 Å². The largest absolute Gasteiger partial charge is 0.400 e. The third kappa shape index (κ3) is 23.1. The van der Waals surface area contributed by atoms with Crippen molar-refractivity contribution in [3.63, 3.8) is 0 Å². The van der Waals surface area contributed by atoms with E-state index in [4.69, 9.17) is 5.11 Å². The van der Waals surface area contributed by atoms with E-state index in [0.29, 0.717) is 12.0 Å². The highest BCUT2D eigenvalue weighted by atomic mass is 16.2. The van der Waals surface area contributed by atoms with Gasteiger partial charge in [-0.25, -0.2) is 0 Å². The van der Waals surface area contributed by atoms with Gasteiger partial charge >= 0.3 is 0 Å². The normalized spacial score (nSPS) is 16.8. The molecule has 0 aliphatic carbocycles. The minimum absolute atomic E-state index is 0.516. The summed E-state index contributed by atoms with van der Waals surface area (Å²) in [6.07, 6.45) is 12.5. The Balaban J connectivity index is -0.000000137. The van der Waals surface area contributed by atoms with Crippen molar-refractivity contribution in [2.45, 2.75) is 73.3 Å². The van der Waals surface area contributed by atoms with E-state index in [9.17, 15) is 0 Å². The Morgan fingerprint density at radius 3 is 1.78 bits per heavy atom. The fraction of sp³-hybridized carbons (Fsp3) is 0.619. The quantitative estimate of drug-likeness (QED) is 0.597. The van der Waals surface area contributed by atoms with Gasteiger partial charge in [-0.3, -0.25) is 0 Å². The Hall–Kier alpha value is -1.28. The van der Waals surface area contributed by atoms with Gasteiger partial charge in [0.25, 0.3) is 0 Å². The summed E-state index contributed by atoms with van der Waals surface area (Å²) in [5, 5.41) is 10.3. The zero-order valence-corrected chi connectivity index (χ0v) is 16.9. The minimum Gasteiger partial charge on any atom is -0.400 e. The molecule has 2 heteroatoms. The van der Waals surface area contributed by atoms with Gasteiger partial charge in [0.15, 0.2) is 0 Å². The maximum absolute atomic E-state index is 7.00. The molecule has 0 saturated carbocycles. The molecule has 0 amide bonds. The van der Waals surface area contributed by atoms with Gasteiger partial charge < -0.3 is 10.4 Å². The van der Waals surface area contributed by atoms with Gasteiger partial charge in [-0.2, -0.15) is 0 Å². The second-order valence-corrected chi connectivity index (χ2v) is 5.09. The molecule has 2 N–H and O–H groups in total. The van der Waals surface area contributed by atoms with E-state index in [1.807, 2.05) is 19.1 Å². The second-order valence-electron chi connectivity index (χ2n) is 5.09. The van der Waals surface area contributed by atoms with Crippen LogP contribution >= 0.6 is 0 Å². The molecule has 1 heterocycles. The van der Waals surface area contributed by atoms with Crippen molar-refractivity contribution >= 4 is 0 Å². The molecule has 2 atom stereocenters. The van der Waals surface area contributed by atoms with Crippen molar-refractivity contribution in [1.29, 1.82) is 0 Å². The van der Waals surface area contributed by atoms with Crippen molar-refractivity contribution in [1.82, 2.24) is 5.32 Å². The van der Waals surface area contributed by atoms with Crippen molar-refractivity contribution in [3.05, 3.63) is 49.7 Å². The molecule has 0 aromatic heterocycles. The summed E-state index contributed by atoms with van der Waals surface area (Å²) < 4.78 is 0. The highest BCUT2D eigenvalue weighted by molar-refractivity contribution is 5.20. The molecular formula is C21H43NO. The van der Waals surface area contributed by atoms with Gasteiger partial charge in [0, 0.05) is 19.1 Å². The van der Waals surface area contributed by atoms with Crippen molar-refractivity contribution in [2.24, 2.45) is 5.92 Å². The summed E-state index contributed by atoms with van der Waals surface area (Å²) in [6, 6.07) is 0.516. The molecule has 0 bridgehead atoms. The fourth-order valence-electron chi connectivity index (χ4n) is 1.62. The van der Waals surface area contributed by atoms with E-state index in [1.54, 1.807) is 6.08 Å². The molecule has 23 heavy (non-hydrogen) atoms. The molecule has 0 fully saturated rings. The van der Waals surface area contributed by atoms with Gasteiger partial charge in [0.2, 0.25) is 0 Å². The fourth-order valence-corrected chi connectivity index (χ4v) is 1.62. The van der Waals surface area contributed by atoms with Crippen LogP contribution in [-0.2, 0) is 0 Å². The third-order valence-electron chi connectivity index (χ3n) is 2.39. The molecule has 1 aliphatic rings. The summed E-state index contributed by atoms with van der Waals surface area (Å²) in [7, 11) is 1.00. The Morgan fingerprint density at radius 2 is 1.48 bits per heavy atom. The predicted molar refractivity (Wildman–Crippen MR) is 110 cm³/mol. The first-order valence-corrected chi connectivity index (χ1v) is 8.74.